The highest BCUT2D eigenvalue weighted by molar-refractivity contribution is 5.22. The zero-order valence-electron chi connectivity index (χ0n) is 14.1. The summed E-state index contributed by atoms with van der Waals surface area (Å²) in [5.41, 5.74) is 3.05. The third-order valence-corrected chi connectivity index (χ3v) is 6.04. The molecule has 2 saturated heterocycles. The van der Waals surface area contributed by atoms with Crippen LogP contribution in [0.4, 0.5) is 0 Å². The first-order valence-corrected chi connectivity index (χ1v) is 9.12. The van der Waals surface area contributed by atoms with E-state index in [9.17, 15) is 0 Å². The van der Waals surface area contributed by atoms with Gasteiger partial charge in [-0.25, -0.2) is 0 Å². The monoisotopic (exact) mass is 305 g/mol. The van der Waals surface area contributed by atoms with Gasteiger partial charge in [0.1, 0.15) is 0 Å². The molecule has 0 spiro atoms. The van der Waals surface area contributed by atoms with E-state index in [1.807, 2.05) is 0 Å². The van der Waals surface area contributed by atoms with Crippen molar-refractivity contribution in [2.45, 2.75) is 38.1 Å². The van der Waals surface area contributed by atoms with Gasteiger partial charge in [0.25, 0.3) is 0 Å². The molecule has 0 bridgehead atoms. The first-order valence-electron chi connectivity index (χ1n) is 9.12. The van der Waals surface area contributed by atoms with E-state index in [-0.39, 0.29) is 0 Å². The van der Waals surface area contributed by atoms with Gasteiger partial charge in [-0.15, -0.1) is 0 Å². The molecule has 0 aromatic heterocycles. The second-order valence-corrected chi connectivity index (χ2v) is 7.61. The van der Waals surface area contributed by atoms with Crippen LogP contribution in [0.3, 0.4) is 0 Å². The molecule has 2 heterocycles. The van der Waals surface area contributed by atoms with Crippen molar-refractivity contribution in [3.63, 3.8) is 0 Å². The molecule has 2 aliphatic heterocycles. The van der Waals surface area contributed by atoms with E-state index >= 15 is 0 Å². The van der Waals surface area contributed by atoms with Gasteiger partial charge in [-0.3, -0.25) is 4.90 Å². The van der Waals surface area contributed by atoms with Crippen LogP contribution >= 0.6 is 0 Å². The number of hydrogen-bond donors (Lipinski definition) is 0. The Labute approximate surface area is 140 Å². The summed E-state index contributed by atoms with van der Waals surface area (Å²) in [5, 5.41) is 0. The maximum absolute atomic E-state index is 2.77. The van der Waals surface area contributed by atoms with Crippen LogP contribution in [0.25, 0.3) is 0 Å². The fourth-order valence-corrected chi connectivity index (χ4v) is 4.72. The maximum Gasteiger partial charge on any atom is 0.0105 e. The van der Waals surface area contributed by atoms with Crippen molar-refractivity contribution in [2.75, 3.05) is 13.1 Å². The number of rotatable bonds is 3. The van der Waals surface area contributed by atoms with Crippen molar-refractivity contribution in [2.24, 2.45) is 11.8 Å². The summed E-state index contributed by atoms with van der Waals surface area (Å²) < 4.78 is 0. The minimum Gasteiger partial charge on any atom is -0.299 e. The average Bonchev–Trinajstić information content (AvgIpc) is 3.00. The van der Waals surface area contributed by atoms with E-state index in [1.54, 1.807) is 0 Å². The largest absolute Gasteiger partial charge is 0.299 e. The summed E-state index contributed by atoms with van der Waals surface area (Å²) in [6.07, 6.45) is 3.98. The number of nitrogens with zero attached hydrogens (tertiary/aromatic N) is 1. The van der Waals surface area contributed by atoms with Gasteiger partial charge in [0.05, 0.1) is 0 Å². The number of fused-ring (bicyclic) bond motifs is 1. The fraction of sp³-hybridized carbons (Fsp3) is 0.455. The van der Waals surface area contributed by atoms with Gasteiger partial charge in [-0.2, -0.15) is 0 Å². The van der Waals surface area contributed by atoms with Gasteiger partial charge >= 0.3 is 0 Å². The maximum atomic E-state index is 2.77. The summed E-state index contributed by atoms with van der Waals surface area (Å²) in [4.78, 5) is 2.77. The van der Waals surface area contributed by atoms with E-state index < -0.39 is 0 Å². The number of benzene rings is 2. The third-order valence-electron chi connectivity index (χ3n) is 6.04. The lowest BCUT2D eigenvalue weighted by Crippen LogP contribution is -2.43. The van der Waals surface area contributed by atoms with Crippen LogP contribution in [0.2, 0.25) is 0 Å². The predicted octanol–water partition coefficient (Wildman–Crippen LogP) is 4.74. The Morgan fingerprint density at radius 1 is 0.870 bits per heavy atom. The topological polar surface area (TPSA) is 3.24 Å². The molecular weight excluding hydrogens is 278 g/mol. The van der Waals surface area contributed by atoms with E-state index in [0.29, 0.717) is 0 Å². The quantitative estimate of drug-likeness (QED) is 0.791. The minimum atomic E-state index is 0.740. The lowest BCUT2D eigenvalue weighted by Gasteiger charge is -2.39. The molecule has 0 saturated carbocycles. The van der Waals surface area contributed by atoms with E-state index in [0.717, 1.165) is 23.8 Å². The molecule has 4 unspecified atom stereocenters. The van der Waals surface area contributed by atoms with Crippen LogP contribution in [-0.4, -0.2) is 24.0 Å². The zero-order chi connectivity index (χ0) is 15.6. The lowest BCUT2D eigenvalue weighted by molar-refractivity contribution is 0.101. The molecule has 4 rings (SSSR count). The van der Waals surface area contributed by atoms with E-state index in [2.05, 4.69) is 72.5 Å². The van der Waals surface area contributed by atoms with Gasteiger partial charge in [0.2, 0.25) is 0 Å². The van der Waals surface area contributed by atoms with Gasteiger partial charge < -0.3 is 0 Å². The fourth-order valence-electron chi connectivity index (χ4n) is 4.72. The Kier molecular flexibility index (Phi) is 4.22. The zero-order valence-corrected chi connectivity index (χ0v) is 14.1. The normalized spacial score (nSPS) is 31.0. The smallest absolute Gasteiger partial charge is 0.0105 e. The molecule has 0 N–H and O–H groups in total. The second-order valence-electron chi connectivity index (χ2n) is 7.61. The second kappa shape index (κ2) is 6.49. The molecule has 4 atom stereocenters. The first kappa shape index (κ1) is 15.0. The van der Waals surface area contributed by atoms with Crippen molar-refractivity contribution in [1.82, 2.24) is 4.90 Å². The number of hydrogen-bond acceptors (Lipinski definition) is 1. The molecule has 2 aromatic carbocycles. The third kappa shape index (κ3) is 3.21. The van der Waals surface area contributed by atoms with Crippen molar-refractivity contribution in [3.05, 3.63) is 71.8 Å². The molecule has 120 valence electrons. The van der Waals surface area contributed by atoms with Crippen molar-refractivity contribution in [1.29, 1.82) is 0 Å². The van der Waals surface area contributed by atoms with Crippen LogP contribution in [0, 0.1) is 11.8 Å². The Morgan fingerprint density at radius 2 is 1.57 bits per heavy atom. The highest BCUT2D eigenvalue weighted by atomic mass is 15.2. The van der Waals surface area contributed by atoms with Crippen molar-refractivity contribution < 1.29 is 0 Å². The van der Waals surface area contributed by atoms with Gasteiger partial charge in [0.15, 0.2) is 0 Å². The Balaban J connectivity index is 1.44. The standard InChI is InChI=1S/C22H27N/c1-17-15-23-16-21(19-10-6-3-7-11-19)14-22(23)13-20(17)12-18-8-4-2-5-9-18/h2-11,17,20-22H,12-16H2,1H3. The van der Waals surface area contributed by atoms with Crippen LogP contribution in [0.15, 0.2) is 60.7 Å². The van der Waals surface area contributed by atoms with E-state index in [1.165, 1.54) is 43.5 Å². The molecular formula is C22H27N. The molecule has 23 heavy (non-hydrogen) atoms. The van der Waals surface area contributed by atoms with Gasteiger partial charge in [-0.1, -0.05) is 67.6 Å². The molecule has 2 aromatic rings. The van der Waals surface area contributed by atoms with Crippen LogP contribution in [0.1, 0.15) is 36.8 Å². The highest BCUT2D eigenvalue weighted by Crippen LogP contribution is 2.40. The van der Waals surface area contributed by atoms with E-state index in [4.69, 9.17) is 0 Å². The summed E-state index contributed by atoms with van der Waals surface area (Å²) in [5.74, 6) is 2.39. The van der Waals surface area contributed by atoms with Crippen molar-refractivity contribution >= 4 is 0 Å². The summed E-state index contributed by atoms with van der Waals surface area (Å²) in [6, 6.07) is 23.0. The molecule has 0 amide bonds. The van der Waals surface area contributed by atoms with Crippen LogP contribution in [-0.2, 0) is 6.42 Å². The highest BCUT2D eigenvalue weighted by Gasteiger charge is 2.39. The van der Waals surface area contributed by atoms with Gasteiger partial charge in [0, 0.05) is 19.1 Å². The predicted molar refractivity (Wildman–Crippen MR) is 96.6 cm³/mol. The molecule has 1 heteroatoms. The number of piperidine rings is 1. The molecule has 0 aliphatic carbocycles. The summed E-state index contributed by atoms with van der Waals surface area (Å²) in [7, 11) is 0. The molecule has 2 aliphatic rings. The average molecular weight is 305 g/mol. The molecule has 2 fully saturated rings. The lowest BCUT2D eigenvalue weighted by atomic mass is 9.79. The Hall–Kier alpha value is -1.60. The molecule has 1 nitrogen and oxygen atoms in total. The Bertz CT molecular complexity index is 621. The van der Waals surface area contributed by atoms with Crippen LogP contribution in [0.5, 0.6) is 0 Å². The Morgan fingerprint density at radius 3 is 2.30 bits per heavy atom. The summed E-state index contributed by atoms with van der Waals surface area (Å²) in [6.45, 7) is 5.00. The van der Waals surface area contributed by atoms with Crippen molar-refractivity contribution in [3.8, 4) is 0 Å². The van der Waals surface area contributed by atoms with Gasteiger partial charge in [-0.05, 0) is 48.1 Å². The SMILES string of the molecule is CC1CN2CC(c3ccccc3)CC2CC1Cc1ccccc1. The summed E-state index contributed by atoms with van der Waals surface area (Å²) >= 11 is 0. The molecule has 0 radical (unpaired) electrons. The first-order chi connectivity index (χ1) is 11.3. The van der Waals surface area contributed by atoms with Crippen LogP contribution < -0.4 is 0 Å². The minimum absolute atomic E-state index is 0.740.